The third-order valence-corrected chi connectivity index (χ3v) is 2.97. The monoisotopic (exact) mass is 196 g/mol. The first kappa shape index (κ1) is 11.5. The maximum atomic E-state index is 8.76. The van der Waals surface area contributed by atoms with Crippen molar-refractivity contribution in [2.24, 2.45) is 5.92 Å². The number of rotatable bonds is 4. The summed E-state index contributed by atoms with van der Waals surface area (Å²) in [6, 6.07) is 2.18. The van der Waals surface area contributed by atoms with Gasteiger partial charge in [-0.2, -0.15) is 5.26 Å². The van der Waals surface area contributed by atoms with Crippen LogP contribution in [0.4, 0.5) is 0 Å². The Labute approximate surface area is 86.6 Å². The van der Waals surface area contributed by atoms with Crippen molar-refractivity contribution >= 4 is 0 Å². The van der Waals surface area contributed by atoms with Gasteiger partial charge >= 0.3 is 0 Å². The second kappa shape index (κ2) is 6.00. The summed E-state index contributed by atoms with van der Waals surface area (Å²) >= 11 is 0. The summed E-state index contributed by atoms with van der Waals surface area (Å²) in [5.41, 5.74) is 0. The van der Waals surface area contributed by atoms with Crippen molar-refractivity contribution < 1.29 is 4.74 Å². The van der Waals surface area contributed by atoms with Gasteiger partial charge in [0.2, 0.25) is 0 Å². The van der Waals surface area contributed by atoms with Crippen LogP contribution < -0.4 is 0 Å². The summed E-state index contributed by atoms with van der Waals surface area (Å²) in [7, 11) is 0. The zero-order chi connectivity index (χ0) is 10.4. The van der Waals surface area contributed by atoms with Crippen molar-refractivity contribution in [2.75, 3.05) is 26.2 Å². The van der Waals surface area contributed by atoms with Crippen molar-refractivity contribution in [3.8, 4) is 6.07 Å². The quantitative estimate of drug-likeness (QED) is 0.686. The van der Waals surface area contributed by atoms with E-state index in [9.17, 15) is 0 Å². The van der Waals surface area contributed by atoms with Crippen LogP contribution in [0.15, 0.2) is 0 Å². The SMILES string of the molecule is CCC(CC)CN1CCOC(C#N)C1. The molecule has 1 aliphatic rings. The van der Waals surface area contributed by atoms with Gasteiger partial charge in [-0.25, -0.2) is 0 Å². The largest absolute Gasteiger partial charge is 0.361 e. The minimum atomic E-state index is -0.210. The van der Waals surface area contributed by atoms with Gasteiger partial charge in [0, 0.05) is 19.6 Å². The molecule has 1 saturated heterocycles. The van der Waals surface area contributed by atoms with Crippen LogP contribution in [0.25, 0.3) is 0 Å². The molecule has 0 bridgehead atoms. The number of hydrogen-bond acceptors (Lipinski definition) is 3. The van der Waals surface area contributed by atoms with Gasteiger partial charge in [0.25, 0.3) is 0 Å². The molecule has 0 spiro atoms. The Bertz CT molecular complexity index is 196. The highest BCUT2D eigenvalue weighted by Gasteiger charge is 2.21. The Morgan fingerprint density at radius 3 is 2.79 bits per heavy atom. The fourth-order valence-electron chi connectivity index (χ4n) is 1.86. The summed E-state index contributed by atoms with van der Waals surface area (Å²) < 4.78 is 5.30. The van der Waals surface area contributed by atoms with E-state index in [1.165, 1.54) is 12.8 Å². The topological polar surface area (TPSA) is 36.3 Å². The smallest absolute Gasteiger partial charge is 0.156 e. The van der Waals surface area contributed by atoms with Gasteiger partial charge in [-0.15, -0.1) is 0 Å². The minimum absolute atomic E-state index is 0.210. The van der Waals surface area contributed by atoms with E-state index in [0.717, 1.165) is 25.6 Å². The van der Waals surface area contributed by atoms with Gasteiger partial charge in [-0.3, -0.25) is 4.90 Å². The lowest BCUT2D eigenvalue weighted by Gasteiger charge is -2.32. The Morgan fingerprint density at radius 1 is 1.50 bits per heavy atom. The van der Waals surface area contributed by atoms with Crippen molar-refractivity contribution in [1.29, 1.82) is 5.26 Å². The third-order valence-electron chi connectivity index (χ3n) is 2.97. The Hall–Kier alpha value is -0.590. The molecule has 0 aromatic rings. The molecule has 0 aliphatic carbocycles. The van der Waals surface area contributed by atoms with Crippen LogP contribution in [0.3, 0.4) is 0 Å². The predicted molar refractivity (Wildman–Crippen MR) is 55.9 cm³/mol. The van der Waals surface area contributed by atoms with E-state index in [4.69, 9.17) is 10.00 Å². The van der Waals surface area contributed by atoms with Gasteiger partial charge in [-0.1, -0.05) is 26.7 Å². The number of nitrogens with zero attached hydrogens (tertiary/aromatic N) is 2. The van der Waals surface area contributed by atoms with E-state index in [2.05, 4.69) is 24.8 Å². The first-order chi connectivity index (χ1) is 6.80. The molecule has 1 unspecified atom stereocenters. The van der Waals surface area contributed by atoms with E-state index < -0.39 is 0 Å². The highest BCUT2D eigenvalue weighted by molar-refractivity contribution is 4.89. The van der Waals surface area contributed by atoms with Crippen LogP contribution in [0.5, 0.6) is 0 Å². The van der Waals surface area contributed by atoms with Gasteiger partial charge in [0.1, 0.15) is 0 Å². The van der Waals surface area contributed by atoms with Crippen LogP contribution in [0.1, 0.15) is 26.7 Å². The molecule has 3 nitrogen and oxygen atoms in total. The molecule has 0 aromatic heterocycles. The first-order valence-corrected chi connectivity index (χ1v) is 5.53. The molecule has 14 heavy (non-hydrogen) atoms. The molecule has 1 fully saturated rings. The summed E-state index contributed by atoms with van der Waals surface area (Å²) in [6.07, 6.45) is 2.24. The highest BCUT2D eigenvalue weighted by atomic mass is 16.5. The first-order valence-electron chi connectivity index (χ1n) is 5.53. The van der Waals surface area contributed by atoms with E-state index >= 15 is 0 Å². The molecule has 1 heterocycles. The van der Waals surface area contributed by atoms with Crippen LogP contribution in [0.2, 0.25) is 0 Å². The molecule has 1 rings (SSSR count). The molecule has 0 radical (unpaired) electrons. The van der Waals surface area contributed by atoms with Crippen molar-refractivity contribution in [3.05, 3.63) is 0 Å². The molecule has 0 aromatic carbocycles. The molecule has 1 aliphatic heterocycles. The number of ether oxygens (including phenoxy) is 1. The van der Waals surface area contributed by atoms with Crippen LogP contribution in [-0.4, -0.2) is 37.2 Å². The van der Waals surface area contributed by atoms with Gasteiger partial charge < -0.3 is 4.74 Å². The molecule has 3 heteroatoms. The molecule has 0 N–H and O–H groups in total. The summed E-state index contributed by atoms with van der Waals surface area (Å²) in [4.78, 5) is 2.36. The van der Waals surface area contributed by atoms with E-state index in [1.807, 2.05) is 0 Å². The number of hydrogen-bond donors (Lipinski definition) is 0. The summed E-state index contributed by atoms with van der Waals surface area (Å²) in [5.74, 6) is 0.771. The molecule has 0 saturated carbocycles. The molecular formula is C11H20N2O. The lowest BCUT2D eigenvalue weighted by atomic mass is 10.0. The second-order valence-electron chi connectivity index (χ2n) is 3.93. The lowest BCUT2D eigenvalue weighted by molar-refractivity contribution is -0.00542. The Balaban J connectivity index is 2.33. The standard InChI is InChI=1S/C11H20N2O/c1-3-10(4-2)8-13-5-6-14-11(7-12)9-13/h10-11H,3-6,8-9H2,1-2H3. The highest BCUT2D eigenvalue weighted by Crippen LogP contribution is 2.12. The fourth-order valence-corrected chi connectivity index (χ4v) is 1.86. The number of nitriles is 1. The zero-order valence-electron chi connectivity index (χ0n) is 9.20. The van der Waals surface area contributed by atoms with Crippen molar-refractivity contribution in [2.45, 2.75) is 32.8 Å². The average Bonchev–Trinajstić information content (AvgIpc) is 2.26. The summed E-state index contributed by atoms with van der Waals surface area (Å²) in [5, 5.41) is 8.76. The minimum Gasteiger partial charge on any atom is -0.361 e. The Kier molecular flexibility index (Phi) is 4.92. The Morgan fingerprint density at radius 2 is 2.21 bits per heavy atom. The van der Waals surface area contributed by atoms with E-state index in [0.29, 0.717) is 6.61 Å². The van der Waals surface area contributed by atoms with Gasteiger partial charge in [0.15, 0.2) is 6.10 Å². The van der Waals surface area contributed by atoms with E-state index in [1.54, 1.807) is 0 Å². The molecule has 1 atom stereocenters. The molecule has 80 valence electrons. The van der Waals surface area contributed by atoms with Crippen LogP contribution in [0, 0.1) is 17.2 Å². The molecule has 0 amide bonds. The van der Waals surface area contributed by atoms with Crippen LogP contribution in [-0.2, 0) is 4.74 Å². The third kappa shape index (κ3) is 3.28. The fraction of sp³-hybridized carbons (Fsp3) is 0.909. The average molecular weight is 196 g/mol. The van der Waals surface area contributed by atoms with Crippen molar-refractivity contribution in [1.82, 2.24) is 4.90 Å². The normalized spacial score (nSPS) is 23.7. The summed E-state index contributed by atoms with van der Waals surface area (Å²) in [6.45, 7) is 8.06. The maximum absolute atomic E-state index is 8.76. The van der Waals surface area contributed by atoms with Crippen LogP contribution >= 0.6 is 0 Å². The molecular weight excluding hydrogens is 176 g/mol. The number of morpholine rings is 1. The lowest BCUT2D eigenvalue weighted by Crippen LogP contribution is -2.43. The zero-order valence-corrected chi connectivity index (χ0v) is 9.20. The van der Waals surface area contributed by atoms with Crippen molar-refractivity contribution in [3.63, 3.8) is 0 Å². The van der Waals surface area contributed by atoms with E-state index in [-0.39, 0.29) is 6.10 Å². The predicted octanol–water partition coefficient (Wildman–Crippen LogP) is 1.65. The maximum Gasteiger partial charge on any atom is 0.156 e. The van der Waals surface area contributed by atoms with Gasteiger partial charge in [-0.05, 0) is 5.92 Å². The second-order valence-corrected chi connectivity index (χ2v) is 3.93. The van der Waals surface area contributed by atoms with Gasteiger partial charge in [0.05, 0.1) is 12.7 Å².